The number of nitrogens with one attached hydrogen (secondary N) is 1. The van der Waals surface area contributed by atoms with Crippen LogP contribution in [0.25, 0.3) is 0 Å². The van der Waals surface area contributed by atoms with Crippen molar-refractivity contribution in [3.05, 3.63) is 34.9 Å². The fourth-order valence-corrected chi connectivity index (χ4v) is 2.83. The normalized spacial score (nSPS) is 17.7. The van der Waals surface area contributed by atoms with Gasteiger partial charge in [0.05, 0.1) is 0 Å². The van der Waals surface area contributed by atoms with Crippen LogP contribution in [0.15, 0.2) is 24.3 Å². The van der Waals surface area contributed by atoms with Gasteiger partial charge in [-0.25, -0.2) is 0 Å². The van der Waals surface area contributed by atoms with E-state index in [2.05, 4.69) is 11.4 Å². The monoisotopic (exact) mass is 296 g/mol. The predicted molar refractivity (Wildman–Crippen MR) is 79.9 cm³/mol. The molecule has 110 valence electrons. The van der Waals surface area contributed by atoms with Crippen LogP contribution in [0.1, 0.15) is 24.8 Å². The third-order valence-electron chi connectivity index (χ3n) is 3.88. The van der Waals surface area contributed by atoms with Crippen molar-refractivity contribution in [2.45, 2.75) is 24.7 Å². The van der Waals surface area contributed by atoms with Gasteiger partial charge in [0, 0.05) is 43.2 Å². The molecule has 0 spiro atoms. The van der Waals surface area contributed by atoms with Gasteiger partial charge in [-0.2, -0.15) is 0 Å². The molecule has 1 amide bonds. The second-order valence-electron chi connectivity index (χ2n) is 5.22. The molecule has 0 unspecified atom stereocenters. The second kappa shape index (κ2) is 7.07. The summed E-state index contributed by atoms with van der Waals surface area (Å²) >= 11 is 6.10. The lowest BCUT2D eigenvalue weighted by molar-refractivity contribution is -0.121. The minimum Gasteiger partial charge on any atom is -0.381 e. The van der Waals surface area contributed by atoms with Gasteiger partial charge >= 0.3 is 0 Å². The van der Waals surface area contributed by atoms with Crippen molar-refractivity contribution in [3.8, 4) is 0 Å². The molecule has 5 heteroatoms. The standard InChI is InChI=1S/C15H21ClN2O2/c16-13-3-1-2-12(10-13)15(5-8-20-9-6-15)11-18-14(19)4-7-17/h1-3,10H,4-9,11,17H2,(H,18,19). The van der Waals surface area contributed by atoms with Crippen LogP contribution in [0, 0.1) is 0 Å². The highest BCUT2D eigenvalue weighted by atomic mass is 35.5. The Labute approximate surface area is 124 Å². The molecular formula is C15H21ClN2O2. The van der Waals surface area contributed by atoms with Gasteiger partial charge in [-0.3, -0.25) is 4.79 Å². The summed E-state index contributed by atoms with van der Waals surface area (Å²) in [6, 6.07) is 7.88. The van der Waals surface area contributed by atoms with Crippen molar-refractivity contribution in [2.75, 3.05) is 26.3 Å². The molecular weight excluding hydrogens is 276 g/mol. The molecule has 1 fully saturated rings. The maximum atomic E-state index is 11.7. The van der Waals surface area contributed by atoms with E-state index in [1.165, 1.54) is 5.56 Å². The first kappa shape index (κ1) is 15.3. The zero-order chi connectivity index (χ0) is 14.4. The number of amides is 1. The first-order chi connectivity index (χ1) is 9.66. The Morgan fingerprint density at radius 1 is 1.40 bits per heavy atom. The summed E-state index contributed by atoms with van der Waals surface area (Å²) in [7, 11) is 0. The highest BCUT2D eigenvalue weighted by Gasteiger charge is 2.34. The Kier molecular flexibility index (Phi) is 5.40. The third kappa shape index (κ3) is 3.72. The quantitative estimate of drug-likeness (QED) is 0.871. The second-order valence-corrected chi connectivity index (χ2v) is 5.65. The van der Waals surface area contributed by atoms with Gasteiger partial charge < -0.3 is 15.8 Å². The van der Waals surface area contributed by atoms with Gasteiger partial charge in [0.25, 0.3) is 0 Å². The number of rotatable bonds is 5. The Balaban J connectivity index is 2.15. The lowest BCUT2D eigenvalue weighted by atomic mass is 9.74. The topological polar surface area (TPSA) is 64.4 Å². The lowest BCUT2D eigenvalue weighted by Gasteiger charge is -2.38. The van der Waals surface area contributed by atoms with Crippen molar-refractivity contribution in [2.24, 2.45) is 5.73 Å². The van der Waals surface area contributed by atoms with Gasteiger partial charge in [-0.1, -0.05) is 23.7 Å². The summed E-state index contributed by atoms with van der Waals surface area (Å²) in [6.45, 7) is 2.40. The largest absolute Gasteiger partial charge is 0.381 e. The fraction of sp³-hybridized carbons (Fsp3) is 0.533. The molecule has 1 saturated heterocycles. The van der Waals surface area contributed by atoms with E-state index in [1.54, 1.807) is 0 Å². The summed E-state index contributed by atoms with van der Waals surface area (Å²) < 4.78 is 5.47. The van der Waals surface area contributed by atoms with Gasteiger partial charge in [-0.15, -0.1) is 0 Å². The van der Waals surface area contributed by atoms with Gasteiger partial charge in [0.1, 0.15) is 0 Å². The molecule has 20 heavy (non-hydrogen) atoms. The zero-order valence-corrected chi connectivity index (χ0v) is 12.3. The average molecular weight is 297 g/mol. The molecule has 1 aliphatic rings. The first-order valence-corrected chi connectivity index (χ1v) is 7.35. The molecule has 3 N–H and O–H groups in total. The SMILES string of the molecule is NCCC(=O)NCC1(c2cccc(Cl)c2)CCOCC1. The molecule has 1 aliphatic heterocycles. The number of nitrogens with two attached hydrogens (primary N) is 1. The van der Waals surface area contributed by atoms with E-state index in [9.17, 15) is 4.79 Å². The summed E-state index contributed by atoms with van der Waals surface area (Å²) in [4.78, 5) is 11.7. The van der Waals surface area contributed by atoms with Crippen LogP contribution in [-0.4, -0.2) is 32.2 Å². The number of carbonyl (C=O) groups is 1. The molecule has 0 aromatic heterocycles. The third-order valence-corrected chi connectivity index (χ3v) is 4.12. The molecule has 4 nitrogen and oxygen atoms in total. The highest BCUT2D eigenvalue weighted by molar-refractivity contribution is 6.30. The molecule has 1 aromatic rings. The number of hydrogen-bond acceptors (Lipinski definition) is 3. The van der Waals surface area contributed by atoms with Gasteiger partial charge in [0.2, 0.25) is 5.91 Å². The van der Waals surface area contributed by atoms with Crippen molar-refractivity contribution >= 4 is 17.5 Å². The van der Waals surface area contributed by atoms with Crippen molar-refractivity contribution < 1.29 is 9.53 Å². The van der Waals surface area contributed by atoms with E-state index < -0.39 is 0 Å². The highest BCUT2D eigenvalue weighted by Crippen LogP contribution is 2.35. The fourth-order valence-electron chi connectivity index (χ4n) is 2.64. The Hall–Kier alpha value is -1.10. The molecule has 0 saturated carbocycles. The smallest absolute Gasteiger partial charge is 0.221 e. The van der Waals surface area contributed by atoms with Crippen molar-refractivity contribution in [1.82, 2.24) is 5.32 Å². The van der Waals surface area contributed by atoms with Crippen LogP contribution in [-0.2, 0) is 14.9 Å². The molecule has 2 rings (SSSR count). The van der Waals surface area contributed by atoms with Gasteiger partial charge in [0.15, 0.2) is 0 Å². The minimum atomic E-state index is -0.0899. The average Bonchev–Trinajstić information content (AvgIpc) is 2.46. The number of ether oxygens (including phenoxy) is 1. The molecule has 0 aliphatic carbocycles. The van der Waals surface area contributed by atoms with Crippen LogP contribution in [0.5, 0.6) is 0 Å². The summed E-state index contributed by atoms with van der Waals surface area (Å²) in [5.41, 5.74) is 6.48. The van der Waals surface area contributed by atoms with Crippen LogP contribution < -0.4 is 11.1 Å². The summed E-state index contributed by atoms with van der Waals surface area (Å²) in [5, 5.41) is 3.72. The van der Waals surface area contributed by atoms with Crippen LogP contribution >= 0.6 is 11.6 Å². The van der Waals surface area contributed by atoms with E-state index >= 15 is 0 Å². The zero-order valence-electron chi connectivity index (χ0n) is 11.5. The summed E-state index contributed by atoms with van der Waals surface area (Å²) in [6.07, 6.45) is 2.13. The van der Waals surface area contributed by atoms with Crippen molar-refractivity contribution in [3.63, 3.8) is 0 Å². The Bertz CT molecular complexity index is 459. The van der Waals surface area contributed by atoms with Crippen LogP contribution in [0.4, 0.5) is 0 Å². The van der Waals surface area contributed by atoms with Crippen LogP contribution in [0.3, 0.4) is 0 Å². The van der Waals surface area contributed by atoms with Crippen LogP contribution in [0.2, 0.25) is 5.02 Å². The maximum Gasteiger partial charge on any atom is 0.221 e. The lowest BCUT2D eigenvalue weighted by Crippen LogP contribution is -2.44. The predicted octanol–water partition coefficient (Wildman–Crippen LogP) is 1.85. The Morgan fingerprint density at radius 3 is 2.80 bits per heavy atom. The number of carbonyl (C=O) groups excluding carboxylic acids is 1. The van der Waals surface area contributed by atoms with E-state index in [0.717, 1.165) is 17.9 Å². The minimum absolute atomic E-state index is 0.000366. The number of halogens is 1. The summed E-state index contributed by atoms with van der Waals surface area (Å²) in [5.74, 6) is 0.000366. The number of benzene rings is 1. The molecule has 0 bridgehead atoms. The van der Waals surface area contributed by atoms with E-state index in [1.807, 2.05) is 18.2 Å². The van der Waals surface area contributed by atoms with Gasteiger partial charge in [-0.05, 0) is 30.5 Å². The molecule has 0 radical (unpaired) electrons. The van der Waals surface area contributed by atoms with Crippen molar-refractivity contribution in [1.29, 1.82) is 0 Å². The van der Waals surface area contributed by atoms with E-state index in [0.29, 0.717) is 32.7 Å². The molecule has 1 aromatic carbocycles. The number of hydrogen-bond donors (Lipinski definition) is 2. The first-order valence-electron chi connectivity index (χ1n) is 6.97. The van der Waals surface area contributed by atoms with E-state index in [4.69, 9.17) is 22.1 Å². The Morgan fingerprint density at radius 2 is 2.15 bits per heavy atom. The molecule has 0 atom stereocenters. The maximum absolute atomic E-state index is 11.7. The van der Waals surface area contributed by atoms with E-state index in [-0.39, 0.29) is 11.3 Å². The molecule has 1 heterocycles.